The smallest absolute Gasteiger partial charge is 0.230 e. The summed E-state index contributed by atoms with van der Waals surface area (Å²) < 4.78 is 5.99. The molecule has 0 fully saturated rings. The number of carbonyl (C=O) groups excluding carboxylic acids is 1. The number of ether oxygens (including phenoxy) is 1. The van der Waals surface area contributed by atoms with Gasteiger partial charge in [-0.25, -0.2) is 9.97 Å². The second kappa shape index (κ2) is 9.68. The molecule has 1 aliphatic rings. The Morgan fingerprint density at radius 3 is 2.90 bits per heavy atom. The largest absolute Gasteiger partial charge is 0.486 e. The first-order valence-electron chi connectivity index (χ1n) is 9.28. The predicted molar refractivity (Wildman–Crippen MR) is 120 cm³/mol. The molecule has 1 aromatic carbocycles. The standard InChI is InChI=1S/C21H19ClN4O2S2/c1-29-21-24-7-4-18(26-21)13-8-14-9-15(28-20(14)17(22)10-13)11-25-19(27)12-30-16-2-5-23-6-3-16/h2-8,10,15H,9,11-12H2,1H3,(H,25,27). The number of fused-ring (bicyclic) bond motifs is 1. The number of nitrogens with one attached hydrogen (secondary N) is 1. The first-order valence-corrected chi connectivity index (χ1v) is 11.9. The van der Waals surface area contributed by atoms with E-state index in [4.69, 9.17) is 16.3 Å². The molecule has 0 spiro atoms. The second-order valence-electron chi connectivity index (χ2n) is 6.59. The molecule has 1 aliphatic heterocycles. The third-order valence-corrected chi connectivity index (χ3v) is 6.37. The van der Waals surface area contributed by atoms with Crippen molar-refractivity contribution in [2.75, 3.05) is 18.6 Å². The number of pyridine rings is 1. The van der Waals surface area contributed by atoms with E-state index in [1.165, 1.54) is 23.5 Å². The quantitative estimate of drug-likeness (QED) is 0.421. The average Bonchev–Trinajstić information content (AvgIpc) is 3.21. The van der Waals surface area contributed by atoms with Gasteiger partial charge in [-0.3, -0.25) is 9.78 Å². The lowest BCUT2D eigenvalue weighted by molar-refractivity contribution is -0.118. The fourth-order valence-corrected chi connectivity index (χ4v) is 4.46. The molecular weight excluding hydrogens is 440 g/mol. The van der Waals surface area contributed by atoms with Crippen molar-refractivity contribution in [1.29, 1.82) is 0 Å². The number of thioether (sulfide) groups is 2. The van der Waals surface area contributed by atoms with E-state index in [1.54, 1.807) is 18.6 Å². The number of carbonyl (C=O) groups is 1. The van der Waals surface area contributed by atoms with Crippen LogP contribution in [0.5, 0.6) is 5.75 Å². The highest BCUT2D eigenvalue weighted by molar-refractivity contribution is 8.00. The number of hydrogen-bond acceptors (Lipinski definition) is 7. The van der Waals surface area contributed by atoms with Crippen molar-refractivity contribution in [3.05, 3.63) is 59.5 Å². The van der Waals surface area contributed by atoms with Crippen molar-refractivity contribution in [1.82, 2.24) is 20.3 Å². The fourth-order valence-electron chi connectivity index (χ4n) is 3.11. The van der Waals surface area contributed by atoms with Gasteiger partial charge < -0.3 is 10.1 Å². The van der Waals surface area contributed by atoms with Gasteiger partial charge in [-0.05, 0) is 36.6 Å². The highest BCUT2D eigenvalue weighted by Crippen LogP contribution is 2.39. The van der Waals surface area contributed by atoms with Crippen molar-refractivity contribution in [3.63, 3.8) is 0 Å². The summed E-state index contributed by atoms with van der Waals surface area (Å²) in [6, 6.07) is 9.54. The van der Waals surface area contributed by atoms with Crippen LogP contribution in [0.3, 0.4) is 0 Å². The number of benzene rings is 1. The Morgan fingerprint density at radius 1 is 1.27 bits per heavy atom. The van der Waals surface area contributed by atoms with Crippen molar-refractivity contribution in [3.8, 4) is 17.0 Å². The van der Waals surface area contributed by atoms with E-state index in [0.29, 0.717) is 34.6 Å². The molecule has 0 saturated carbocycles. The van der Waals surface area contributed by atoms with Gasteiger partial charge in [-0.15, -0.1) is 11.8 Å². The maximum absolute atomic E-state index is 12.2. The van der Waals surface area contributed by atoms with Crippen LogP contribution in [0.4, 0.5) is 0 Å². The van der Waals surface area contributed by atoms with Crippen LogP contribution < -0.4 is 10.1 Å². The lowest BCUT2D eigenvalue weighted by atomic mass is 10.0. The molecule has 30 heavy (non-hydrogen) atoms. The SMILES string of the molecule is CSc1nccc(-c2cc(Cl)c3c(c2)CC(CNC(=O)CSc2ccncc2)O3)n1. The summed E-state index contributed by atoms with van der Waals surface area (Å²) in [5, 5.41) is 4.21. The van der Waals surface area contributed by atoms with Crippen LogP contribution in [-0.2, 0) is 11.2 Å². The Kier molecular flexibility index (Phi) is 6.76. The number of halogens is 1. The molecule has 1 N–H and O–H groups in total. The summed E-state index contributed by atoms with van der Waals surface area (Å²) >= 11 is 9.44. The van der Waals surface area contributed by atoms with E-state index < -0.39 is 0 Å². The second-order valence-corrected chi connectivity index (χ2v) is 8.82. The molecule has 0 bridgehead atoms. The van der Waals surface area contributed by atoms with E-state index in [0.717, 1.165) is 21.7 Å². The summed E-state index contributed by atoms with van der Waals surface area (Å²) in [4.78, 5) is 25.9. The average molecular weight is 459 g/mol. The molecule has 1 atom stereocenters. The monoisotopic (exact) mass is 458 g/mol. The number of aromatic nitrogens is 3. The summed E-state index contributed by atoms with van der Waals surface area (Å²) in [6.45, 7) is 0.431. The molecule has 0 radical (unpaired) electrons. The Bertz CT molecular complexity index is 1050. The fraction of sp³-hybridized carbons (Fsp3) is 0.238. The van der Waals surface area contributed by atoms with E-state index in [2.05, 4.69) is 26.3 Å². The Morgan fingerprint density at radius 2 is 2.10 bits per heavy atom. The van der Waals surface area contributed by atoms with Crippen LogP contribution in [0, 0.1) is 0 Å². The van der Waals surface area contributed by atoms with E-state index >= 15 is 0 Å². The molecule has 3 heterocycles. The zero-order chi connectivity index (χ0) is 20.9. The van der Waals surface area contributed by atoms with Gasteiger partial charge in [0.15, 0.2) is 5.16 Å². The topological polar surface area (TPSA) is 77.0 Å². The predicted octanol–water partition coefficient (Wildman–Crippen LogP) is 4.13. The maximum atomic E-state index is 12.2. The first kappa shape index (κ1) is 21.0. The number of nitrogens with zero attached hydrogens (tertiary/aromatic N) is 3. The normalized spacial score (nSPS) is 14.8. The molecule has 9 heteroatoms. The van der Waals surface area contributed by atoms with Crippen LogP contribution in [-0.4, -0.2) is 45.5 Å². The lowest BCUT2D eigenvalue weighted by Crippen LogP contribution is -2.35. The van der Waals surface area contributed by atoms with Gasteiger partial charge >= 0.3 is 0 Å². The van der Waals surface area contributed by atoms with Crippen LogP contribution in [0.15, 0.2) is 59.0 Å². The van der Waals surface area contributed by atoms with Gasteiger partial charge in [0.25, 0.3) is 0 Å². The van der Waals surface area contributed by atoms with Crippen LogP contribution >= 0.6 is 35.1 Å². The molecule has 2 aromatic heterocycles. The van der Waals surface area contributed by atoms with Crippen molar-refractivity contribution in [2.24, 2.45) is 0 Å². The highest BCUT2D eigenvalue weighted by Gasteiger charge is 2.26. The summed E-state index contributed by atoms with van der Waals surface area (Å²) in [5.41, 5.74) is 2.77. The van der Waals surface area contributed by atoms with Crippen LogP contribution in [0.25, 0.3) is 11.3 Å². The summed E-state index contributed by atoms with van der Waals surface area (Å²) in [6.07, 6.45) is 7.65. The molecule has 6 nitrogen and oxygen atoms in total. The highest BCUT2D eigenvalue weighted by atomic mass is 35.5. The van der Waals surface area contributed by atoms with Crippen molar-refractivity contribution in [2.45, 2.75) is 22.6 Å². The van der Waals surface area contributed by atoms with Gasteiger partial charge in [0.2, 0.25) is 5.91 Å². The van der Waals surface area contributed by atoms with Crippen molar-refractivity contribution < 1.29 is 9.53 Å². The lowest BCUT2D eigenvalue weighted by Gasteiger charge is -2.12. The number of hydrogen-bond donors (Lipinski definition) is 1. The minimum atomic E-state index is -0.144. The van der Waals surface area contributed by atoms with Gasteiger partial charge in [0, 0.05) is 41.0 Å². The first-order chi connectivity index (χ1) is 14.6. The summed E-state index contributed by atoms with van der Waals surface area (Å²) in [5.74, 6) is 0.999. The molecule has 154 valence electrons. The van der Waals surface area contributed by atoms with Gasteiger partial charge in [-0.1, -0.05) is 23.4 Å². The van der Waals surface area contributed by atoms with Gasteiger partial charge in [-0.2, -0.15) is 0 Å². The molecule has 4 rings (SSSR count). The zero-order valence-electron chi connectivity index (χ0n) is 16.2. The van der Waals surface area contributed by atoms with Crippen LogP contribution in [0.1, 0.15) is 5.56 Å². The van der Waals surface area contributed by atoms with Gasteiger partial charge in [0.1, 0.15) is 11.9 Å². The Labute approximate surface area is 188 Å². The third kappa shape index (κ3) is 5.06. The number of rotatable bonds is 7. The Hall–Kier alpha value is -2.29. The third-order valence-electron chi connectivity index (χ3n) is 4.51. The molecule has 0 aliphatic carbocycles. The molecule has 3 aromatic rings. The van der Waals surface area contributed by atoms with E-state index in [1.807, 2.05) is 30.5 Å². The van der Waals surface area contributed by atoms with E-state index in [9.17, 15) is 4.79 Å². The minimum absolute atomic E-state index is 0.0336. The molecular formula is C21H19ClN4O2S2. The Balaban J connectivity index is 1.36. The van der Waals surface area contributed by atoms with Crippen LogP contribution in [0.2, 0.25) is 5.02 Å². The molecule has 0 saturated heterocycles. The number of amides is 1. The van der Waals surface area contributed by atoms with Crippen molar-refractivity contribution >= 4 is 41.0 Å². The van der Waals surface area contributed by atoms with Gasteiger partial charge in [0.05, 0.1) is 23.0 Å². The zero-order valence-corrected chi connectivity index (χ0v) is 18.6. The van der Waals surface area contributed by atoms with E-state index in [-0.39, 0.29) is 12.0 Å². The molecule has 1 unspecified atom stereocenters. The maximum Gasteiger partial charge on any atom is 0.230 e. The summed E-state index contributed by atoms with van der Waals surface area (Å²) in [7, 11) is 0. The molecule has 1 amide bonds. The minimum Gasteiger partial charge on any atom is -0.486 e.